The van der Waals surface area contributed by atoms with Crippen LogP contribution >= 0.6 is 0 Å². The molecule has 0 radical (unpaired) electrons. The van der Waals surface area contributed by atoms with Crippen LogP contribution in [-0.2, 0) is 19.6 Å². The summed E-state index contributed by atoms with van der Waals surface area (Å²) in [6.45, 7) is 1.98. The molecule has 0 fully saturated rings. The molecule has 0 saturated heterocycles. The summed E-state index contributed by atoms with van der Waals surface area (Å²) in [6.07, 6.45) is -0.729. The zero-order valence-electron chi connectivity index (χ0n) is 15.3. The lowest BCUT2D eigenvalue weighted by atomic mass is 10.1. The highest BCUT2D eigenvalue weighted by molar-refractivity contribution is 5.94. The number of aromatic nitrogens is 4. The molecule has 4 rings (SSSR count). The molecule has 1 unspecified atom stereocenters. The highest BCUT2D eigenvalue weighted by atomic mass is 19.4. The molecular weight excluding hydrogens is 371 g/mol. The first-order valence-electron chi connectivity index (χ1n) is 8.79. The highest BCUT2D eigenvalue weighted by Crippen LogP contribution is 2.35. The minimum Gasteiger partial charge on any atom is -0.344 e. The predicted octanol–water partition coefficient (Wildman–Crippen LogP) is 3.35. The number of benzene rings is 1. The molecule has 1 atom stereocenters. The average molecular weight is 389 g/mol. The van der Waals surface area contributed by atoms with Gasteiger partial charge in [0.25, 0.3) is 5.91 Å². The number of fused-ring (bicyclic) bond motifs is 1. The molecule has 0 aliphatic heterocycles. The van der Waals surface area contributed by atoms with Crippen LogP contribution in [0.15, 0.2) is 36.8 Å². The summed E-state index contributed by atoms with van der Waals surface area (Å²) in [4.78, 5) is 16.2. The second-order valence-corrected chi connectivity index (χ2v) is 6.86. The lowest BCUT2D eigenvalue weighted by molar-refractivity contribution is -0.143. The van der Waals surface area contributed by atoms with Crippen molar-refractivity contribution in [1.82, 2.24) is 24.6 Å². The number of aryl methyl sites for hydroxylation is 2. The minimum absolute atomic E-state index is 0.400. The van der Waals surface area contributed by atoms with Gasteiger partial charge in [0.2, 0.25) is 0 Å². The molecule has 0 spiro atoms. The van der Waals surface area contributed by atoms with E-state index in [1.807, 2.05) is 35.9 Å². The van der Waals surface area contributed by atoms with Crippen molar-refractivity contribution in [2.75, 3.05) is 0 Å². The van der Waals surface area contributed by atoms with E-state index in [0.29, 0.717) is 12.8 Å². The second kappa shape index (κ2) is 6.50. The number of carbonyl (C=O) groups is 1. The monoisotopic (exact) mass is 389 g/mol. The van der Waals surface area contributed by atoms with E-state index in [0.717, 1.165) is 33.4 Å². The Hall–Kier alpha value is -3.10. The standard InChI is InChI=1S/C19H18F3N5O/c1-11-5-3-4-6-14(11)27-15-8-7-13(12(15)9-24-27)25-18(28)16-17(19(20,21)22)26(2)10-23-16/h3-6,9-10,13H,7-8H2,1-2H3,(H,25,28). The number of hydrogen-bond acceptors (Lipinski definition) is 3. The lowest BCUT2D eigenvalue weighted by Gasteiger charge is -2.13. The molecule has 0 bridgehead atoms. The Balaban J connectivity index is 1.61. The Labute approximate surface area is 159 Å². The van der Waals surface area contributed by atoms with E-state index >= 15 is 0 Å². The van der Waals surface area contributed by atoms with Gasteiger partial charge in [-0.2, -0.15) is 18.3 Å². The second-order valence-electron chi connectivity index (χ2n) is 6.86. The van der Waals surface area contributed by atoms with Gasteiger partial charge in [0.05, 0.1) is 24.3 Å². The van der Waals surface area contributed by atoms with Crippen LogP contribution in [0.4, 0.5) is 13.2 Å². The zero-order valence-corrected chi connectivity index (χ0v) is 15.3. The molecule has 1 amide bonds. The van der Waals surface area contributed by atoms with E-state index in [-0.39, 0.29) is 0 Å². The van der Waals surface area contributed by atoms with Crippen molar-refractivity contribution in [3.05, 3.63) is 65.0 Å². The first-order valence-corrected chi connectivity index (χ1v) is 8.79. The average Bonchev–Trinajstić information content (AvgIpc) is 3.31. The number of hydrogen-bond donors (Lipinski definition) is 1. The summed E-state index contributed by atoms with van der Waals surface area (Å²) in [6, 6.07) is 7.40. The van der Waals surface area contributed by atoms with Gasteiger partial charge in [-0.3, -0.25) is 4.79 Å². The molecule has 1 N–H and O–H groups in total. The fraction of sp³-hybridized carbons (Fsp3) is 0.316. The van der Waals surface area contributed by atoms with Crippen LogP contribution in [0.3, 0.4) is 0 Å². The normalized spacial score (nSPS) is 16.2. The third-order valence-electron chi connectivity index (χ3n) is 5.02. The number of para-hydroxylation sites is 1. The predicted molar refractivity (Wildman–Crippen MR) is 95.0 cm³/mol. The molecule has 1 aliphatic rings. The van der Waals surface area contributed by atoms with Crippen LogP contribution in [0, 0.1) is 6.92 Å². The third kappa shape index (κ3) is 2.96. The molecule has 3 aromatic rings. The summed E-state index contributed by atoms with van der Waals surface area (Å²) in [5.74, 6) is -0.839. The van der Waals surface area contributed by atoms with Crippen molar-refractivity contribution in [1.29, 1.82) is 0 Å². The Morgan fingerprint density at radius 2 is 2.04 bits per heavy atom. The van der Waals surface area contributed by atoms with Crippen molar-refractivity contribution >= 4 is 5.91 Å². The van der Waals surface area contributed by atoms with Crippen LogP contribution in [0.1, 0.15) is 45.5 Å². The molecule has 6 nitrogen and oxygen atoms in total. The van der Waals surface area contributed by atoms with Gasteiger partial charge < -0.3 is 9.88 Å². The Morgan fingerprint density at radius 3 is 2.75 bits per heavy atom. The van der Waals surface area contributed by atoms with Gasteiger partial charge in [-0.1, -0.05) is 18.2 Å². The van der Waals surface area contributed by atoms with E-state index in [1.165, 1.54) is 7.05 Å². The molecule has 2 heterocycles. The van der Waals surface area contributed by atoms with Gasteiger partial charge in [0, 0.05) is 18.3 Å². The van der Waals surface area contributed by atoms with Crippen molar-refractivity contribution in [2.45, 2.75) is 32.0 Å². The van der Waals surface area contributed by atoms with E-state index in [4.69, 9.17) is 0 Å². The fourth-order valence-corrected chi connectivity index (χ4v) is 3.68. The number of amides is 1. The molecule has 1 aromatic carbocycles. The minimum atomic E-state index is -4.66. The maximum atomic E-state index is 13.2. The van der Waals surface area contributed by atoms with E-state index in [2.05, 4.69) is 15.4 Å². The van der Waals surface area contributed by atoms with Gasteiger partial charge in [-0.05, 0) is 31.4 Å². The van der Waals surface area contributed by atoms with E-state index < -0.39 is 29.5 Å². The lowest BCUT2D eigenvalue weighted by Crippen LogP contribution is -2.29. The summed E-state index contributed by atoms with van der Waals surface area (Å²) < 4.78 is 42.3. The van der Waals surface area contributed by atoms with Crippen LogP contribution < -0.4 is 5.32 Å². The molecule has 0 saturated carbocycles. The van der Waals surface area contributed by atoms with Crippen LogP contribution in [-0.4, -0.2) is 25.2 Å². The number of alkyl halides is 3. The number of carbonyl (C=O) groups excluding carboxylic acids is 1. The summed E-state index contributed by atoms with van der Waals surface area (Å²) >= 11 is 0. The number of nitrogens with zero attached hydrogens (tertiary/aromatic N) is 4. The van der Waals surface area contributed by atoms with Crippen molar-refractivity contribution in [3.63, 3.8) is 0 Å². The highest BCUT2D eigenvalue weighted by Gasteiger charge is 2.40. The third-order valence-corrected chi connectivity index (χ3v) is 5.02. The van der Waals surface area contributed by atoms with Crippen molar-refractivity contribution in [3.8, 4) is 5.69 Å². The largest absolute Gasteiger partial charge is 0.433 e. The summed E-state index contributed by atoms with van der Waals surface area (Å²) in [5.41, 5.74) is 2.11. The topological polar surface area (TPSA) is 64.7 Å². The maximum absolute atomic E-state index is 13.2. The molecule has 1 aliphatic carbocycles. The Morgan fingerprint density at radius 1 is 1.29 bits per heavy atom. The fourth-order valence-electron chi connectivity index (χ4n) is 3.68. The van der Waals surface area contributed by atoms with Gasteiger partial charge >= 0.3 is 6.18 Å². The molecule has 146 valence electrons. The molecule has 2 aromatic heterocycles. The molecule has 9 heteroatoms. The first kappa shape index (κ1) is 18.3. The first-order chi connectivity index (χ1) is 13.3. The number of halogens is 3. The Kier molecular flexibility index (Phi) is 4.24. The Bertz CT molecular complexity index is 1050. The maximum Gasteiger partial charge on any atom is 0.433 e. The molecular formula is C19H18F3N5O. The number of imidazole rings is 1. The van der Waals surface area contributed by atoms with Gasteiger partial charge in [-0.25, -0.2) is 9.67 Å². The van der Waals surface area contributed by atoms with Crippen molar-refractivity contribution in [2.24, 2.45) is 7.05 Å². The summed E-state index contributed by atoms with van der Waals surface area (Å²) in [7, 11) is 1.21. The van der Waals surface area contributed by atoms with Crippen LogP contribution in [0.5, 0.6) is 0 Å². The quantitative estimate of drug-likeness (QED) is 0.747. The SMILES string of the molecule is Cc1ccccc1-n1ncc2c1CCC2NC(=O)c1ncn(C)c1C(F)(F)F. The summed E-state index contributed by atoms with van der Waals surface area (Å²) in [5, 5.41) is 7.11. The van der Waals surface area contributed by atoms with Gasteiger partial charge in [-0.15, -0.1) is 0 Å². The number of nitrogens with one attached hydrogen (secondary N) is 1. The molecule has 28 heavy (non-hydrogen) atoms. The van der Waals surface area contributed by atoms with E-state index in [1.54, 1.807) is 6.20 Å². The zero-order chi connectivity index (χ0) is 20.1. The van der Waals surface area contributed by atoms with Crippen LogP contribution in [0.25, 0.3) is 5.69 Å². The van der Waals surface area contributed by atoms with Gasteiger partial charge in [0.15, 0.2) is 11.4 Å². The van der Waals surface area contributed by atoms with Crippen LogP contribution in [0.2, 0.25) is 0 Å². The van der Waals surface area contributed by atoms with Crippen molar-refractivity contribution < 1.29 is 18.0 Å². The number of rotatable bonds is 3. The smallest absolute Gasteiger partial charge is 0.344 e. The van der Waals surface area contributed by atoms with E-state index in [9.17, 15) is 18.0 Å². The van der Waals surface area contributed by atoms with Gasteiger partial charge in [0.1, 0.15) is 0 Å².